The molecule has 0 radical (unpaired) electrons. The Kier molecular flexibility index (Phi) is 12.3. The standard InChI is InChI=1S/C13H27NO2/c1-13(2)9-6-4-3-5-7-11-16-12-8-10-14-15/h13H,3-12H2,1-2H3. The largest absolute Gasteiger partial charge is 0.381 e. The first-order valence-electron chi connectivity index (χ1n) is 6.64. The van der Waals surface area contributed by atoms with Crippen LogP contribution in [0.2, 0.25) is 0 Å². The van der Waals surface area contributed by atoms with Crippen LogP contribution in [0.4, 0.5) is 0 Å². The second-order valence-electron chi connectivity index (χ2n) is 4.77. The Balaban J connectivity index is 2.90. The Hall–Kier alpha value is -0.440. The highest BCUT2D eigenvalue weighted by atomic mass is 16.5. The zero-order valence-corrected chi connectivity index (χ0v) is 10.9. The summed E-state index contributed by atoms with van der Waals surface area (Å²) < 4.78 is 5.38. The topological polar surface area (TPSA) is 38.7 Å². The van der Waals surface area contributed by atoms with Crippen LogP contribution in [0.1, 0.15) is 58.8 Å². The fourth-order valence-electron chi connectivity index (χ4n) is 1.62. The lowest BCUT2D eigenvalue weighted by molar-refractivity contribution is 0.129. The second-order valence-corrected chi connectivity index (χ2v) is 4.77. The summed E-state index contributed by atoms with van der Waals surface area (Å²) in [6.45, 7) is 6.46. The second kappa shape index (κ2) is 12.6. The van der Waals surface area contributed by atoms with Crippen molar-refractivity contribution >= 4 is 0 Å². The Morgan fingerprint density at radius 2 is 1.56 bits per heavy atom. The number of nitrogens with zero attached hydrogens (tertiary/aromatic N) is 1. The average Bonchev–Trinajstić information content (AvgIpc) is 2.25. The third-order valence-corrected chi connectivity index (χ3v) is 2.61. The van der Waals surface area contributed by atoms with E-state index in [4.69, 9.17) is 4.74 Å². The fraction of sp³-hybridized carbons (Fsp3) is 1.00. The molecule has 3 heteroatoms. The fourth-order valence-corrected chi connectivity index (χ4v) is 1.62. The molecule has 16 heavy (non-hydrogen) atoms. The molecule has 0 aromatic heterocycles. The summed E-state index contributed by atoms with van der Waals surface area (Å²) in [6, 6.07) is 0. The van der Waals surface area contributed by atoms with Crippen molar-refractivity contribution in [2.24, 2.45) is 11.1 Å². The molecule has 0 saturated heterocycles. The molecule has 0 N–H and O–H groups in total. The van der Waals surface area contributed by atoms with E-state index >= 15 is 0 Å². The van der Waals surface area contributed by atoms with Crippen LogP contribution in [0.3, 0.4) is 0 Å². The van der Waals surface area contributed by atoms with Crippen LogP contribution in [0.25, 0.3) is 0 Å². The van der Waals surface area contributed by atoms with E-state index in [0.717, 1.165) is 25.4 Å². The molecule has 0 bridgehead atoms. The summed E-state index contributed by atoms with van der Waals surface area (Å²) in [7, 11) is 0. The predicted molar refractivity (Wildman–Crippen MR) is 68.6 cm³/mol. The molecule has 0 aromatic carbocycles. The van der Waals surface area contributed by atoms with Gasteiger partial charge in [-0.25, -0.2) is 0 Å². The van der Waals surface area contributed by atoms with E-state index in [1.165, 1.54) is 32.1 Å². The molecule has 0 heterocycles. The molecule has 0 rings (SSSR count). The van der Waals surface area contributed by atoms with Gasteiger partial charge in [-0.3, -0.25) is 0 Å². The average molecular weight is 229 g/mol. The Morgan fingerprint density at radius 1 is 0.938 bits per heavy atom. The Bertz CT molecular complexity index is 149. The van der Waals surface area contributed by atoms with Gasteiger partial charge in [-0.15, -0.1) is 0 Å². The summed E-state index contributed by atoms with van der Waals surface area (Å²) in [6.07, 6.45) is 8.58. The molecule has 0 spiro atoms. The zero-order valence-electron chi connectivity index (χ0n) is 10.9. The molecule has 0 aliphatic rings. The molecule has 96 valence electrons. The summed E-state index contributed by atoms with van der Waals surface area (Å²) in [5.41, 5.74) is 0. The van der Waals surface area contributed by atoms with Crippen LogP contribution < -0.4 is 0 Å². The first-order valence-corrected chi connectivity index (χ1v) is 6.64. The number of nitroso groups, excluding NO2 is 1. The molecule has 0 fully saturated rings. The van der Waals surface area contributed by atoms with Crippen LogP contribution in [0.5, 0.6) is 0 Å². The third kappa shape index (κ3) is 13.6. The van der Waals surface area contributed by atoms with Gasteiger partial charge in [0.25, 0.3) is 0 Å². The molecule has 0 aliphatic carbocycles. The first-order chi connectivity index (χ1) is 7.77. The number of hydrogen-bond donors (Lipinski definition) is 0. The first kappa shape index (κ1) is 15.6. The van der Waals surface area contributed by atoms with Crippen molar-refractivity contribution in [1.29, 1.82) is 0 Å². The van der Waals surface area contributed by atoms with Gasteiger partial charge in [0.2, 0.25) is 0 Å². The van der Waals surface area contributed by atoms with Gasteiger partial charge in [-0.1, -0.05) is 51.1 Å². The number of hydrogen-bond acceptors (Lipinski definition) is 3. The van der Waals surface area contributed by atoms with Gasteiger partial charge in [0.1, 0.15) is 0 Å². The lowest BCUT2D eigenvalue weighted by Crippen LogP contribution is -1.98. The van der Waals surface area contributed by atoms with Crippen molar-refractivity contribution in [2.75, 3.05) is 19.8 Å². The summed E-state index contributed by atoms with van der Waals surface area (Å²) in [4.78, 5) is 9.78. The Labute approximate surface area is 99.9 Å². The van der Waals surface area contributed by atoms with Gasteiger partial charge in [0.15, 0.2) is 0 Å². The van der Waals surface area contributed by atoms with Crippen LogP contribution in [0, 0.1) is 10.8 Å². The molecule has 0 aliphatic heterocycles. The maximum atomic E-state index is 9.78. The van der Waals surface area contributed by atoms with E-state index < -0.39 is 0 Å². The maximum absolute atomic E-state index is 9.78. The SMILES string of the molecule is CC(C)CCCCCCCOCCCN=O. The van der Waals surface area contributed by atoms with Crippen LogP contribution in [-0.2, 0) is 4.74 Å². The molecule has 0 aromatic rings. The van der Waals surface area contributed by atoms with E-state index in [0.29, 0.717) is 13.2 Å². The van der Waals surface area contributed by atoms with Gasteiger partial charge in [-0.05, 0) is 18.8 Å². The summed E-state index contributed by atoms with van der Waals surface area (Å²) >= 11 is 0. The van der Waals surface area contributed by atoms with Gasteiger partial charge in [-0.2, -0.15) is 4.91 Å². The van der Waals surface area contributed by atoms with E-state index in [-0.39, 0.29) is 0 Å². The van der Waals surface area contributed by atoms with Crippen molar-refractivity contribution in [3.05, 3.63) is 4.91 Å². The Morgan fingerprint density at radius 3 is 2.25 bits per heavy atom. The maximum Gasteiger partial charge on any atom is 0.0833 e. The van der Waals surface area contributed by atoms with Crippen LogP contribution in [0.15, 0.2) is 5.18 Å². The van der Waals surface area contributed by atoms with E-state index in [2.05, 4.69) is 19.0 Å². The van der Waals surface area contributed by atoms with Crippen molar-refractivity contribution < 1.29 is 4.74 Å². The lowest BCUT2D eigenvalue weighted by Gasteiger charge is -2.05. The van der Waals surface area contributed by atoms with Crippen molar-refractivity contribution in [2.45, 2.75) is 58.8 Å². The van der Waals surface area contributed by atoms with Crippen LogP contribution in [-0.4, -0.2) is 19.8 Å². The normalized spacial score (nSPS) is 10.9. The van der Waals surface area contributed by atoms with Crippen molar-refractivity contribution in [1.82, 2.24) is 0 Å². The molecule has 0 unspecified atom stereocenters. The van der Waals surface area contributed by atoms with Crippen molar-refractivity contribution in [3.63, 3.8) is 0 Å². The van der Waals surface area contributed by atoms with Gasteiger partial charge < -0.3 is 4.74 Å². The van der Waals surface area contributed by atoms with E-state index in [1.807, 2.05) is 0 Å². The molecular formula is C13H27NO2. The quantitative estimate of drug-likeness (QED) is 0.372. The van der Waals surface area contributed by atoms with Crippen molar-refractivity contribution in [3.8, 4) is 0 Å². The molecule has 0 saturated carbocycles. The number of ether oxygens (including phenoxy) is 1. The molecule has 3 nitrogen and oxygen atoms in total. The highest BCUT2D eigenvalue weighted by Gasteiger charge is 1.95. The monoisotopic (exact) mass is 229 g/mol. The summed E-state index contributed by atoms with van der Waals surface area (Å²) in [5, 5.41) is 2.79. The smallest absolute Gasteiger partial charge is 0.0833 e. The molecular weight excluding hydrogens is 202 g/mol. The number of unbranched alkanes of at least 4 members (excludes halogenated alkanes) is 4. The summed E-state index contributed by atoms with van der Waals surface area (Å²) in [5.74, 6) is 0.842. The minimum atomic E-state index is 0.384. The van der Waals surface area contributed by atoms with Crippen LogP contribution >= 0.6 is 0 Å². The third-order valence-electron chi connectivity index (χ3n) is 2.61. The van der Waals surface area contributed by atoms with Gasteiger partial charge >= 0.3 is 0 Å². The number of rotatable bonds is 12. The minimum absolute atomic E-state index is 0.384. The minimum Gasteiger partial charge on any atom is -0.381 e. The highest BCUT2D eigenvalue weighted by Crippen LogP contribution is 2.10. The highest BCUT2D eigenvalue weighted by molar-refractivity contribution is 4.48. The molecule has 0 amide bonds. The molecule has 0 atom stereocenters. The van der Waals surface area contributed by atoms with Gasteiger partial charge in [0, 0.05) is 13.2 Å². The lowest BCUT2D eigenvalue weighted by atomic mass is 10.0. The van der Waals surface area contributed by atoms with E-state index in [9.17, 15) is 4.91 Å². The van der Waals surface area contributed by atoms with Gasteiger partial charge in [0.05, 0.1) is 6.54 Å². The zero-order chi connectivity index (χ0) is 12.1. The predicted octanol–water partition coefficient (Wildman–Crippen LogP) is 4.16. The van der Waals surface area contributed by atoms with E-state index in [1.54, 1.807) is 0 Å².